The van der Waals surface area contributed by atoms with Crippen molar-refractivity contribution in [3.63, 3.8) is 0 Å². The highest BCUT2D eigenvalue weighted by molar-refractivity contribution is 7.79. The van der Waals surface area contributed by atoms with Gasteiger partial charge in [-0.3, -0.25) is 0 Å². The molecular formula is C28H29BO2P. The monoisotopic (exact) mass is 439 g/mol. The maximum Gasteiger partial charge on any atom is 0.330 e. The lowest BCUT2D eigenvalue weighted by molar-refractivity contribution is -0.0893. The summed E-state index contributed by atoms with van der Waals surface area (Å²) in [6.45, 7) is 7.32. The molecule has 161 valence electrons. The first-order chi connectivity index (χ1) is 15.2. The normalized spacial score (nSPS) is 12.3. The topological polar surface area (TPSA) is 29.5 Å². The zero-order chi connectivity index (χ0) is 22.8. The lowest BCUT2D eigenvalue weighted by Gasteiger charge is -2.37. The van der Waals surface area contributed by atoms with E-state index in [0.29, 0.717) is 0 Å². The highest BCUT2D eigenvalue weighted by atomic mass is 31.1. The van der Waals surface area contributed by atoms with Gasteiger partial charge in [-0.2, -0.15) is 0 Å². The van der Waals surface area contributed by atoms with Gasteiger partial charge in [-0.05, 0) is 68.4 Å². The standard InChI is InChI=1S/C28H29BO2P/c1-27(2,30)28(3,4)31-29-23-17-15-22-20-26(18-16-21(22)19-23)32(24-11-7-5-8-12-24)25-13-9-6-10-14-25/h5-20,30H,1-4H3. The summed E-state index contributed by atoms with van der Waals surface area (Å²) in [6.07, 6.45) is 0. The molecular weight excluding hydrogens is 410 g/mol. The van der Waals surface area contributed by atoms with E-state index in [2.05, 4.69) is 97.1 Å². The Morgan fingerprint density at radius 2 is 1.19 bits per heavy atom. The summed E-state index contributed by atoms with van der Waals surface area (Å²) in [7, 11) is 1.12. The van der Waals surface area contributed by atoms with Gasteiger partial charge in [0, 0.05) is 0 Å². The first-order valence-corrected chi connectivity index (χ1v) is 12.3. The predicted octanol–water partition coefficient (Wildman–Crippen LogP) is 4.41. The quantitative estimate of drug-likeness (QED) is 0.342. The van der Waals surface area contributed by atoms with Crippen molar-refractivity contribution in [2.75, 3.05) is 0 Å². The second-order valence-corrected chi connectivity index (χ2v) is 11.3. The number of fused-ring (bicyclic) bond motifs is 1. The summed E-state index contributed by atoms with van der Waals surface area (Å²) >= 11 is 0. The van der Waals surface area contributed by atoms with Crippen LogP contribution in [0.15, 0.2) is 97.1 Å². The van der Waals surface area contributed by atoms with Gasteiger partial charge < -0.3 is 9.76 Å². The molecule has 0 aliphatic carbocycles. The van der Waals surface area contributed by atoms with Crippen molar-refractivity contribution < 1.29 is 9.76 Å². The molecule has 0 unspecified atom stereocenters. The molecule has 0 saturated heterocycles. The lowest BCUT2D eigenvalue weighted by atomic mass is 9.82. The average molecular weight is 439 g/mol. The average Bonchev–Trinajstić information content (AvgIpc) is 2.78. The van der Waals surface area contributed by atoms with E-state index < -0.39 is 19.1 Å². The van der Waals surface area contributed by atoms with Crippen molar-refractivity contribution in [2.24, 2.45) is 0 Å². The molecule has 0 aliphatic heterocycles. The number of rotatable bonds is 7. The fourth-order valence-corrected chi connectivity index (χ4v) is 5.75. The van der Waals surface area contributed by atoms with E-state index in [1.165, 1.54) is 26.7 Å². The zero-order valence-electron chi connectivity index (χ0n) is 19.1. The molecule has 0 atom stereocenters. The first-order valence-electron chi connectivity index (χ1n) is 10.9. The van der Waals surface area contributed by atoms with E-state index in [1.807, 2.05) is 13.8 Å². The molecule has 32 heavy (non-hydrogen) atoms. The minimum Gasteiger partial charge on any atom is -0.427 e. The number of benzene rings is 4. The van der Waals surface area contributed by atoms with Crippen LogP contribution in [0.2, 0.25) is 0 Å². The highest BCUT2D eigenvalue weighted by Crippen LogP contribution is 2.33. The second-order valence-electron chi connectivity index (χ2n) is 9.10. The Morgan fingerprint density at radius 1 is 0.656 bits per heavy atom. The minimum atomic E-state index is -0.943. The summed E-state index contributed by atoms with van der Waals surface area (Å²) < 4.78 is 5.93. The van der Waals surface area contributed by atoms with Crippen LogP contribution in [-0.4, -0.2) is 23.8 Å². The molecule has 1 radical (unpaired) electrons. The van der Waals surface area contributed by atoms with Crippen LogP contribution in [0.1, 0.15) is 27.7 Å². The van der Waals surface area contributed by atoms with Crippen molar-refractivity contribution in [3.05, 3.63) is 97.1 Å². The first kappa shape index (κ1) is 22.7. The van der Waals surface area contributed by atoms with E-state index in [-0.39, 0.29) is 0 Å². The van der Waals surface area contributed by atoms with Crippen molar-refractivity contribution in [1.82, 2.24) is 0 Å². The minimum absolute atomic E-state index is 0.622. The SMILES string of the molecule is CC(C)(O)C(C)(C)O[B]c1ccc2cc(P(c3ccccc3)c3ccccc3)ccc2c1. The molecule has 0 amide bonds. The zero-order valence-corrected chi connectivity index (χ0v) is 20.0. The van der Waals surface area contributed by atoms with E-state index in [0.717, 1.165) is 5.46 Å². The van der Waals surface area contributed by atoms with Gasteiger partial charge in [-0.1, -0.05) is 96.5 Å². The summed E-state index contributed by atoms with van der Waals surface area (Å²) in [4.78, 5) is 0. The van der Waals surface area contributed by atoms with Crippen molar-refractivity contribution >= 4 is 47.6 Å². The van der Waals surface area contributed by atoms with E-state index >= 15 is 0 Å². The molecule has 0 spiro atoms. The Hall–Kier alpha value is -2.45. The predicted molar refractivity (Wildman–Crippen MR) is 140 cm³/mol. The van der Waals surface area contributed by atoms with Gasteiger partial charge in [0.05, 0.1) is 11.2 Å². The molecule has 4 rings (SSSR count). The molecule has 0 heterocycles. The smallest absolute Gasteiger partial charge is 0.330 e. The molecule has 4 heteroatoms. The maximum absolute atomic E-state index is 10.3. The van der Waals surface area contributed by atoms with Crippen LogP contribution in [-0.2, 0) is 4.65 Å². The number of aliphatic hydroxyl groups is 1. The summed E-state index contributed by atoms with van der Waals surface area (Å²) in [5.74, 6) is 0. The van der Waals surface area contributed by atoms with Gasteiger partial charge in [-0.15, -0.1) is 0 Å². The highest BCUT2D eigenvalue weighted by Gasteiger charge is 2.35. The molecule has 0 saturated carbocycles. The van der Waals surface area contributed by atoms with Gasteiger partial charge >= 0.3 is 7.48 Å². The third-order valence-corrected chi connectivity index (χ3v) is 8.52. The van der Waals surface area contributed by atoms with Crippen molar-refractivity contribution in [3.8, 4) is 0 Å². The van der Waals surface area contributed by atoms with Crippen LogP contribution in [0.4, 0.5) is 0 Å². The summed E-state index contributed by atoms with van der Waals surface area (Å²) in [6, 6.07) is 34.6. The molecule has 1 N–H and O–H groups in total. The van der Waals surface area contributed by atoms with Crippen molar-refractivity contribution in [1.29, 1.82) is 0 Å². The van der Waals surface area contributed by atoms with Crippen LogP contribution in [0.3, 0.4) is 0 Å². The third-order valence-electron chi connectivity index (χ3n) is 6.10. The fraction of sp³-hybridized carbons (Fsp3) is 0.214. The Bertz CT molecular complexity index is 1140. The van der Waals surface area contributed by atoms with Crippen LogP contribution >= 0.6 is 7.92 Å². The van der Waals surface area contributed by atoms with E-state index in [4.69, 9.17) is 4.65 Å². The molecule has 0 aromatic heterocycles. The molecule has 0 fully saturated rings. The van der Waals surface area contributed by atoms with E-state index in [1.54, 1.807) is 21.3 Å². The van der Waals surface area contributed by atoms with Gasteiger partial charge in [0.2, 0.25) is 0 Å². The number of hydrogen-bond donors (Lipinski definition) is 1. The Balaban J connectivity index is 1.65. The van der Waals surface area contributed by atoms with E-state index in [9.17, 15) is 5.11 Å². The second kappa shape index (κ2) is 9.20. The molecule has 2 nitrogen and oxygen atoms in total. The molecule has 0 bridgehead atoms. The maximum atomic E-state index is 10.3. The molecule has 0 aliphatic rings. The molecule has 4 aromatic rings. The Kier molecular flexibility index (Phi) is 6.53. The van der Waals surface area contributed by atoms with Crippen LogP contribution in [0.25, 0.3) is 10.8 Å². The summed E-state index contributed by atoms with van der Waals surface area (Å²) in [5.41, 5.74) is -0.648. The van der Waals surface area contributed by atoms with Gasteiger partial charge in [0.1, 0.15) is 0 Å². The van der Waals surface area contributed by atoms with Gasteiger partial charge in [0.15, 0.2) is 0 Å². The number of hydrogen-bond acceptors (Lipinski definition) is 2. The largest absolute Gasteiger partial charge is 0.427 e. The van der Waals surface area contributed by atoms with Crippen molar-refractivity contribution in [2.45, 2.75) is 38.9 Å². The Morgan fingerprint density at radius 3 is 1.75 bits per heavy atom. The fourth-order valence-electron chi connectivity index (χ4n) is 3.42. The van der Waals surface area contributed by atoms with Crippen LogP contribution in [0, 0.1) is 0 Å². The lowest BCUT2D eigenvalue weighted by Crippen LogP contribution is -2.49. The van der Waals surface area contributed by atoms with Gasteiger partial charge in [-0.25, -0.2) is 0 Å². The van der Waals surface area contributed by atoms with Crippen LogP contribution in [0.5, 0.6) is 0 Å². The molecule has 4 aromatic carbocycles. The Labute approximate surface area is 193 Å². The van der Waals surface area contributed by atoms with Crippen LogP contribution < -0.4 is 21.4 Å². The van der Waals surface area contributed by atoms with Gasteiger partial charge in [0.25, 0.3) is 0 Å². The summed E-state index contributed by atoms with van der Waals surface area (Å²) in [5, 5.41) is 16.7. The third kappa shape index (κ3) is 4.97.